The SMILES string of the molecule is O=C(Nc1cc(Cl)ccc1Oc1ccccc1)NC1CCC(O)CC1. The molecule has 3 rings (SSSR count). The Hall–Kier alpha value is -2.24. The van der Waals surface area contributed by atoms with Crippen molar-refractivity contribution in [3.63, 3.8) is 0 Å². The number of carbonyl (C=O) groups is 1. The molecular weight excluding hydrogens is 340 g/mol. The van der Waals surface area contributed by atoms with E-state index in [-0.39, 0.29) is 18.2 Å². The molecule has 0 bridgehead atoms. The van der Waals surface area contributed by atoms with Crippen molar-refractivity contribution in [1.29, 1.82) is 0 Å². The predicted molar refractivity (Wildman–Crippen MR) is 98.4 cm³/mol. The average molecular weight is 361 g/mol. The number of aliphatic hydroxyl groups is 1. The van der Waals surface area contributed by atoms with Crippen molar-refractivity contribution in [1.82, 2.24) is 5.32 Å². The van der Waals surface area contributed by atoms with Crippen molar-refractivity contribution < 1.29 is 14.6 Å². The van der Waals surface area contributed by atoms with E-state index in [1.54, 1.807) is 18.2 Å². The van der Waals surface area contributed by atoms with Gasteiger partial charge < -0.3 is 20.5 Å². The second kappa shape index (κ2) is 8.23. The number of hydrogen-bond donors (Lipinski definition) is 3. The molecule has 0 atom stereocenters. The first-order valence-corrected chi connectivity index (χ1v) is 8.76. The Balaban J connectivity index is 1.66. The zero-order valence-electron chi connectivity index (χ0n) is 13.7. The van der Waals surface area contributed by atoms with Gasteiger partial charge in [0.1, 0.15) is 5.75 Å². The lowest BCUT2D eigenvalue weighted by Crippen LogP contribution is -2.40. The fourth-order valence-electron chi connectivity index (χ4n) is 2.87. The summed E-state index contributed by atoms with van der Waals surface area (Å²) in [6.45, 7) is 0. The van der Waals surface area contributed by atoms with Gasteiger partial charge in [-0.15, -0.1) is 0 Å². The smallest absolute Gasteiger partial charge is 0.319 e. The Morgan fingerprint density at radius 2 is 1.80 bits per heavy atom. The van der Waals surface area contributed by atoms with Crippen molar-refractivity contribution >= 4 is 23.3 Å². The molecule has 0 aliphatic heterocycles. The summed E-state index contributed by atoms with van der Waals surface area (Å²) in [5, 5.41) is 15.8. The summed E-state index contributed by atoms with van der Waals surface area (Å²) in [4.78, 5) is 12.3. The number of benzene rings is 2. The summed E-state index contributed by atoms with van der Waals surface area (Å²) in [6, 6.07) is 14.2. The third-order valence-electron chi connectivity index (χ3n) is 4.19. The van der Waals surface area contributed by atoms with Crippen LogP contribution in [0.2, 0.25) is 5.02 Å². The van der Waals surface area contributed by atoms with Crippen molar-refractivity contribution in [3.8, 4) is 11.5 Å². The highest BCUT2D eigenvalue weighted by atomic mass is 35.5. The van der Waals surface area contributed by atoms with Crippen LogP contribution in [0.15, 0.2) is 48.5 Å². The Morgan fingerprint density at radius 1 is 1.08 bits per heavy atom. The Bertz CT molecular complexity index is 716. The zero-order chi connectivity index (χ0) is 17.6. The van der Waals surface area contributed by atoms with Crippen LogP contribution in [0.25, 0.3) is 0 Å². The largest absolute Gasteiger partial charge is 0.455 e. The van der Waals surface area contributed by atoms with Gasteiger partial charge in [-0.05, 0) is 56.0 Å². The van der Waals surface area contributed by atoms with E-state index in [4.69, 9.17) is 16.3 Å². The number of carbonyl (C=O) groups excluding carboxylic acids is 1. The van der Waals surface area contributed by atoms with Gasteiger partial charge in [-0.1, -0.05) is 29.8 Å². The number of urea groups is 1. The Labute approximate surface area is 152 Å². The monoisotopic (exact) mass is 360 g/mol. The molecule has 2 amide bonds. The maximum atomic E-state index is 12.3. The van der Waals surface area contributed by atoms with Gasteiger partial charge in [-0.2, -0.15) is 0 Å². The van der Waals surface area contributed by atoms with Crippen LogP contribution in [0, 0.1) is 0 Å². The first-order valence-electron chi connectivity index (χ1n) is 8.38. The maximum Gasteiger partial charge on any atom is 0.319 e. The van der Waals surface area contributed by atoms with Gasteiger partial charge in [-0.25, -0.2) is 4.79 Å². The summed E-state index contributed by atoms with van der Waals surface area (Å²) < 4.78 is 5.84. The lowest BCUT2D eigenvalue weighted by atomic mass is 9.93. The van der Waals surface area contributed by atoms with Crippen LogP contribution in [-0.2, 0) is 0 Å². The summed E-state index contributed by atoms with van der Waals surface area (Å²) in [7, 11) is 0. The molecule has 0 spiro atoms. The number of para-hydroxylation sites is 1. The van der Waals surface area contributed by atoms with E-state index < -0.39 is 0 Å². The molecule has 0 aromatic heterocycles. The standard InChI is InChI=1S/C19H21ClN2O3/c20-13-6-11-18(25-16-4-2-1-3-5-16)17(12-13)22-19(24)21-14-7-9-15(23)10-8-14/h1-6,11-12,14-15,23H,7-10H2,(H2,21,22,24). The van der Waals surface area contributed by atoms with Gasteiger partial charge in [-0.3, -0.25) is 0 Å². The van der Waals surface area contributed by atoms with E-state index in [0.717, 1.165) is 12.8 Å². The summed E-state index contributed by atoms with van der Waals surface area (Å²) in [6.07, 6.45) is 2.73. The molecule has 0 saturated heterocycles. The van der Waals surface area contributed by atoms with Gasteiger partial charge in [0.2, 0.25) is 0 Å². The minimum Gasteiger partial charge on any atom is -0.455 e. The summed E-state index contributed by atoms with van der Waals surface area (Å²) in [5.74, 6) is 1.19. The topological polar surface area (TPSA) is 70.6 Å². The lowest BCUT2D eigenvalue weighted by molar-refractivity contribution is 0.118. The van der Waals surface area contributed by atoms with E-state index in [0.29, 0.717) is 35.1 Å². The first kappa shape index (κ1) is 17.6. The molecule has 2 aromatic carbocycles. The molecule has 25 heavy (non-hydrogen) atoms. The van der Waals surface area contributed by atoms with Crippen LogP contribution in [0.5, 0.6) is 11.5 Å². The van der Waals surface area contributed by atoms with E-state index >= 15 is 0 Å². The summed E-state index contributed by atoms with van der Waals surface area (Å²) in [5.41, 5.74) is 0.504. The number of ether oxygens (including phenoxy) is 1. The fraction of sp³-hybridized carbons (Fsp3) is 0.316. The zero-order valence-corrected chi connectivity index (χ0v) is 14.5. The molecule has 1 aliphatic rings. The Morgan fingerprint density at radius 3 is 2.52 bits per heavy atom. The van der Waals surface area contributed by atoms with Crippen LogP contribution in [0.3, 0.4) is 0 Å². The van der Waals surface area contributed by atoms with Crippen molar-refractivity contribution in [2.45, 2.75) is 37.8 Å². The molecule has 2 aromatic rings. The van der Waals surface area contributed by atoms with Gasteiger partial charge in [0.25, 0.3) is 0 Å². The number of amides is 2. The van der Waals surface area contributed by atoms with Crippen LogP contribution < -0.4 is 15.4 Å². The number of nitrogens with one attached hydrogen (secondary N) is 2. The van der Waals surface area contributed by atoms with E-state index in [1.807, 2.05) is 30.3 Å². The van der Waals surface area contributed by atoms with Crippen LogP contribution in [-0.4, -0.2) is 23.3 Å². The number of anilines is 1. The van der Waals surface area contributed by atoms with E-state index in [9.17, 15) is 9.90 Å². The average Bonchev–Trinajstić information content (AvgIpc) is 2.60. The lowest BCUT2D eigenvalue weighted by Gasteiger charge is -2.26. The van der Waals surface area contributed by atoms with E-state index in [1.165, 1.54) is 0 Å². The molecule has 1 saturated carbocycles. The quantitative estimate of drug-likeness (QED) is 0.748. The minimum atomic E-state index is -0.304. The van der Waals surface area contributed by atoms with Crippen LogP contribution >= 0.6 is 11.6 Å². The second-order valence-corrected chi connectivity index (χ2v) is 6.60. The van der Waals surface area contributed by atoms with Crippen molar-refractivity contribution in [2.75, 3.05) is 5.32 Å². The molecule has 1 aliphatic carbocycles. The van der Waals surface area contributed by atoms with Crippen molar-refractivity contribution in [2.24, 2.45) is 0 Å². The molecule has 6 heteroatoms. The van der Waals surface area contributed by atoms with Crippen LogP contribution in [0.4, 0.5) is 10.5 Å². The maximum absolute atomic E-state index is 12.3. The minimum absolute atomic E-state index is 0.0704. The number of aliphatic hydroxyl groups excluding tert-OH is 1. The molecule has 1 fully saturated rings. The molecule has 0 heterocycles. The third kappa shape index (κ3) is 5.11. The highest BCUT2D eigenvalue weighted by molar-refractivity contribution is 6.31. The molecule has 5 nitrogen and oxygen atoms in total. The highest BCUT2D eigenvalue weighted by Crippen LogP contribution is 2.32. The Kier molecular flexibility index (Phi) is 5.79. The fourth-order valence-corrected chi connectivity index (χ4v) is 3.04. The predicted octanol–water partition coefficient (Wildman–Crippen LogP) is 4.56. The number of hydrogen-bond acceptors (Lipinski definition) is 3. The van der Waals surface area contributed by atoms with Gasteiger partial charge in [0.15, 0.2) is 5.75 Å². The number of halogens is 1. The number of rotatable bonds is 4. The third-order valence-corrected chi connectivity index (χ3v) is 4.43. The van der Waals surface area contributed by atoms with Gasteiger partial charge in [0.05, 0.1) is 11.8 Å². The molecule has 3 N–H and O–H groups in total. The molecule has 132 valence electrons. The summed E-state index contributed by atoms with van der Waals surface area (Å²) >= 11 is 6.06. The van der Waals surface area contributed by atoms with Crippen LogP contribution in [0.1, 0.15) is 25.7 Å². The normalized spacial score (nSPS) is 19.9. The van der Waals surface area contributed by atoms with E-state index in [2.05, 4.69) is 10.6 Å². The van der Waals surface area contributed by atoms with Gasteiger partial charge in [0, 0.05) is 11.1 Å². The molecule has 0 unspecified atom stereocenters. The van der Waals surface area contributed by atoms with Gasteiger partial charge >= 0.3 is 6.03 Å². The molecular formula is C19H21ClN2O3. The van der Waals surface area contributed by atoms with Crippen molar-refractivity contribution in [3.05, 3.63) is 53.6 Å². The molecule has 0 radical (unpaired) electrons. The highest BCUT2D eigenvalue weighted by Gasteiger charge is 2.21. The second-order valence-electron chi connectivity index (χ2n) is 6.16. The first-order chi connectivity index (χ1) is 12.1.